The van der Waals surface area contributed by atoms with E-state index in [-0.39, 0.29) is 5.82 Å². The SMILES string of the molecule is O=Cc1ccc(N2CCC[C@H]3CCCC[C@H]32)c(F)c1. The summed E-state index contributed by atoms with van der Waals surface area (Å²) in [5.74, 6) is 0.475. The van der Waals surface area contributed by atoms with Crippen LogP contribution in [0, 0.1) is 11.7 Å². The Morgan fingerprint density at radius 3 is 2.74 bits per heavy atom. The lowest BCUT2D eigenvalue weighted by atomic mass is 9.78. The molecule has 1 saturated carbocycles. The fraction of sp³-hybridized carbons (Fsp3) is 0.562. The first-order chi connectivity index (χ1) is 9.29. The van der Waals surface area contributed by atoms with Crippen LogP contribution in [0.15, 0.2) is 18.2 Å². The summed E-state index contributed by atoms with van der Waals surface area (Å²) < 4.78 is 14.2. The van der Waals surface area contributed by atoms with E-state index in [0.717, 1.165) is 18.9 Å². The van der Waals surface area contributed by atoms with Crippen molar-refractivity contribution in [1.29, 1.82) is 0 Å². The molecule has 2 aliphatic rings. The van der Waals surface area contributed by atoms with Gasteiger partial charge in [0.05, 0.1) is 5.69 Å². The van der Waals surface area contributed by atoms with Gasteiger partial charge in [0.1, 0.15) is 12.1 Å². The van der Waals surface area contributed by atoms with E-state index < -0.39 is 0 Å². The molecule has 0 amide bonds. The minimum Gasteiger partial charge on any atom is -0.366 e. The standard InChI is InChI=1S/C16H20FNO/c17-14-10-12(11-19)7-8-16(14)18-9-3-5-13-4-1-2-6-15(13)18/h7-8,10-11,13,15H,1-6,9H2/t13-,15-/m1/s1. The molecule has 1 aromatic carbocycles. The summed E-state index contributed by atoms with van der Waals surface area (Å²) in [5.41, 5.74) is 1.10. The Bertz CT molecular complexity index is 472. The number of hydrogen-bond acceptors (Lipinski definition) is 2. The van der Waals surface area contributed by atoms with Crippen molar-refractivity contribution in [2.24, 2.45) is 5.92 Å². The van der Waals surface area contributed by atoms with Crippen LogP contribution >= 0.6 is 0 Å². The van der Waals surface area contributed by atoms with Crippen LogP contribution in [-0.4, -0.2) is 18.9 Å². The van der Waals surface area contributed by atoms with Crippen molar-refractivity contribution in [2.45, 2.75) is 44.6 Å². The molecule has 19 heavy (non-hydrogen) atoms. The molecule has 2 nitrogen and oxygen atoms in total. The van der Waals surface area contributed by atoms with Crippen LogP contribution in [0.3, 0.4) is 0 Å². The molecule has 1 aliphatic heterocycles. The van der Waals surface area contributed by atoms with Gasteiger partial charge in [-0.15, -0.1) is 0 Å². The van der Waals surface area contributed by atoms with Gasteiger partial charge in [-0.25, -0.2) is 4.39 Å². The predicted molar refractivity (Wildman–Crippen MR) is 74.1 cm³/mol. The normalized spacial score (nSPS) is 26.9. The van der Waals surface area contributed by atoms with Crippen molar-refractivity contribution in [3.8, 4) is 0 Å². The highest BCUT2D eigenvalue weighted by molar-refractivity contribution is 5.76. The molecule has 2 fully saturated rings. The van der Waals surface area contributed by atoms with E-state index >= 15 is 0 Å². The van der Waals surface area contributed by atoms with Gasteiger partial charge in [0.15, 0.2) is 0 Å². The highest BCUT2D eigenvalue weighted by Crippen LogP contribution is 2.38. The molecule has 1 heterocycles. The third-order valence-corrected chi connectivity index (χ3v) is 4.66. The molecule has 3 heteroatoms. The fourth-order valence-corrected chi connectivity index (χ4v) is 3.75. The number of piperidine rings is 1. The van der Waals surface area contributed by atoms with E-state index in [4.69, 9.17) is 0 Å². The molecule has 0 spiro atoms. The van der Waals surface area contributed by atoms with E-state index in [1.807, 2.05) is 0 Å². The molecule has 3 rings (SSSR count). The lowest BCUT2D eigenvalue weighted by Crippen LogP contribution is -2.47. The van der Waals surface area contributed by atoms with Crippen LogP contribution in [0.1, 0.15) is 48.9 Å². The predicted octanol–water partition coefficient (Wildman–Crippen LogP) is 3.80. The van der Waals surface area contributed by atoms with Gasteiger partial charge < -0.3 is 4.90 Å². The minimum absolute atomic E-state index is 0.254. The van der Waals surface area contributed by atoms with Gasteiger partial charge in [-0.05, 0) is 49.8 Å². The topological polar surface area (TPSA) is 20.3 Å². The Hall–Kier alpha value is -1.38. The average molecular weight is 261 g/mol. The van der Waals surface area contributed by atoms with Gasteiger partial charge in [0.25, 0.3) is 0 Å². The Morgan fingerprint density at radius 2 is 1.95 bits per heavy atom. The Kier molecular flexibility index (Phi) is 3.54. The van der Waals surface area contributed by atoms with Crippen LogP contribution in [0.5, 0.6) is 0 Å². The Balaban J connectivity index is 1.89. The van der Waals surface area contributed by atoms with Crippen LogP contribution in [0.4, 0.5) is 10.1 Å². The lowest BCUT2D eigenvalue weighted by molar-refractivity contribution is 0.112. The largest absolute Gasteiger partial charge is 0.366 e. The Labute approximate surface area is 113 Å². The zero-order valence-electron chi connectivity index (χ0n) is 11.1. The van der Waals surface area contributed by atoms with Crippen molar-refractivity contribution in [1.82, 2.24) is 0 Å². The van der Waals surface area contributed by atoms with Crippen molar-refractivity contribution in [2.75, 3.05) is 11.4 Å². The van der Waals surface area contributed by atoms with Gasteiger partial charge >= 0.3 is 0 Å². The van der Waals surface area contributed by atoms with Crippen LogP contribution in [0.25, 0.3) is 0 Å². The first kappa shape index (κ1) is 12.6. The third-order valence-electron chi connectivity index (χ3n) is 4.66. The number of anilines is 1. The van der Waals surface area contributed by atoms with Crippen molar-refractivity contribution < 1.29 is 9.18 Å². The summed E-state index contributed by atoms with van der Waals surface area (Å²) >= 11 is 0. The van der Waals surface area contributed by atoms with E-state index in [1.165, 1.54) is 38.2 Å². The maximum atomic E-state index is 14.2. The van der Waals surface area contributed by atoms with Gasteiger partial charge in [0, 0.05) is 18.2 Å². The molecule has 0 bridgehead atoms. The number of hydrogen-bond donors (Lipinski definition) is 0. The van der Waals surface area contributed by atoms with Crippen molar-refractivity contribution >= 4 is 12.0 Å². The van der Waals surface area contributed by atoms with Crippen molar-refractivity contribution in [3.63, 3.8) is 0 Å². The molecule has 102 valence electrons. The second kappa shape index (κ2) is 5.32. The van der Waals surface area contributed by atoms with Gasteiger partial charge in [-0.2, -0.15) is 0 Å². The quantitative estimate of drug-likeness (QED) is 0.755. The maximum Gasteiger partial charge on any atom is 0.150 e. The van der Waals surface area contributed by atoms with E-state index in [2.05, 4.69) is 4.90 Å². The number of carbonyl (C=O) groups excluding carboxylic acids is 1. The number of halogens is 1. The van der Waals surface area contributed by atoms with E-state index in [0.29, 0.717) is 23.6 Å². The fourth-order valence-electron chi connectivity index (χ4n) is 3.75. The van der Waals surface area contributed by atoms with E-state index in [9.17, 15) is 9.18 Å². The summed E-state index contributed by atoms with van der Waals surface area (Å²) in [6.07, 6.45) is 8.18. The zero-order chi connectivity index (χ0) is 13.2. The molecule has 0 radical (unpaired) electrons. The molecule has 1 aliphatic carbocycles. The number of benzene rings is 1. The van der Waals surface area contributed by atoms with Crippen LogP contribution in [0.2, 0.25) is 0 Å². The maximum absolute atomic E-state index is 14.2. The zero-order valence-corrected chi connectivity index (χ0v) is 11.1. The monoisotopic (exact) mass is 261 g/mol. The second-order valence-corrected chi connectivity index (χ2v) is 5.78. The van der Waals surface area contributed by atoms with Crippen LogP contribution < -0.4 is 4.90 Å². The summed E-state index contributed by atoms with van der Waals surface area (Å²) in [4.78, 5) is 12.9. The summed E-state index contributed by atoms with van der Waals surface area (Å²) in [5, 5.41) is 0. The highest BCUT2D eigenvalue weighted by atomic mass is 19.1. The van der Waals surface area contributed by atoms with Gasteiger partial charge in [-0.3, -0.25) is 4.79 Å². The number of carbonyl (C=O) groups is 1. The number of aldehydes is 1. The molecule has 0 aromatic heterocycles. The number of rotatable bonds is 2. The highest BCUT2D eigenvalue weighted by Gasteiger charge is 2.34. The molecular formula is C16H20FNO. The van der Waals surface area contributed by atoms with Gasteiger partial charge in [-0.1, -0.05) is 12.8 Å². The lowest BCUT2D eigenvalue weighted by Gasteiger charge is -2.45. The first-order valence-corrected chi connectivity index (χ1v) is 7.31. The average Bonchev–Trinajstić information content (AvgIpc) is 2.46. The summed E-state index contributed by atoms with van der Waals surface area (Å²) in [7, 11) is 0. The summed E-state index contributed by atoms with van der Waals surface area (Å²) in [6, 6.07) is 5.35. The Morgan fingerprint density at radius 1 is 1.16 bits per heavy atom. The summed E-state index contributed by atoms with van der Waals surface area (Å²) in [6.45, 7) is 0.943. The number of nitrogens with zero attached hydrogens (tertiary/aromatic N) is 1. The number of fused-ring (bicyclic) bond motifs is 1. The van der Waals surface area contributed by atoms with E-state index in [1.54, 1.807) is 12.1 Å². The minimum atomic E-state index is -0.254. The molecule has 2 atom stereocenters. The third kappa shape index (κ3) is 2.38. The molecular weight excluding hydrogens is 241 g/mol. The smallest absolute Gasteiger partial charge is 0.150 e. The second-order valence-electron chi connectivity index (χ2n) is 5.78. The molecule has 0 N–H and O–H groups in total. The molecule has 0 unspecified atom stereocenters. The van der Waals surface area contributed by atoms with Crippen LogP contribution in [-0.2, 0) is 0 Å². The van der Waals surface area contributed by atoms with Gasteiger partial charge in [0.2, 0.25) is 0 Å². The first-order valence-electron chi connectivity index (χ1n) is 7.31. The molecule has 1 aromatic rings. The molecule has 1 saturated heterocycles. The van der Waals surface area contributed by atoms with Crippen molar-refractivity contribution in [3.05, 3.63) is 29.6 Å².